The van der Waals surface area contributed by atoms with E-state index in [1.807, 2.05) is 0 Å². The fraction of sp³-hybridized carbons (Fsp3) is 0.0635. The molecule has 0 spiro atoms. The van der Waals surface area contributed by atoms with Gasteiger partial charge in [-0.2, -0.15) is 0 Å². The van der Waals surface area contributed by atoms with Crippen LogP contribution < -0.4 is 0 Å². The molecule has 0 amide bonds. The molecule has 0 aromatic heterocycles. The van der Waals surface area contributed by atoms with Crippen molar-refractivity contribution in [1.29, 1.82) is 0 Å². The van der Waals surface area contributed by atoms with Crippen molar-refractivity contribution in [3.63, 3.8) is 0 Å². The van der Waals surface area contributed by atoms with E-state index in [0.717, 1.165) is 29.8 Å². The minimum atomic E-state index is -0.467. The van der Waals surface area contributed by atoms with Gasteiger partial charge in [-0.1, -0.05) is 218 Å². The topological polar surface area (TPSA) is 12.4 Å². The largest absolute Gasteiger partial charge is 0.252 e. The van der Waals surface area contributed by atoms with Gasteiger partial charge in [0.25, 0.3) is 0 Å². The zero-order valence-corrected chi connectivity index (χ0v) is 35.8. The number of allylic oxidation sites excluding steroid dienone is 3. The highest BCUT2D eigenvalue weighted by Crippen LogP contribution is 2.57. The number of hydrogen-bond donors (Lipinski definition) is 0. The lowest BCUT2D eigenvalue weighted by molar-refractivity contribution is 0.769. The van der Waals surface area contributed by atoms with Gasteiger partial charge in [0.2, 0.25) is 0 Å². The summed E-state index contributed by atoms with van der Waals surface area (Å²) in [5.74, 6) is 0. The van der Waals surface area contributed by atoms with Gasteiger partial charge >= 0.3 is 0 Å². The van der Waals surface area contributed by atoms with Crippen LogP contribution in [-0.2, 0) is 5.41 Å². The molecule has 1 aliphatic carbocycles. The van der Waals surface area contributed by atoms with Crippen molar-refractivity contribution in [3.8, 4) is 22.3 Å². The van der Waals surface area contributed by atoms with Crippen molar-refractivity contribution in [2.75, 3.05) is 0 Å². The molecule has 0 radical (unpaired) electrons. The van der Waals surface area contributed by atoms with Crippen LogP contribution in [0.3, 0.4) is 0 Å². The third-order valence-corrected chi connectivity index (χ3v) is 13.9. The molecule has 12 rings (SSSR count). The van der Waals surface area contributed by atoms with Gasteiger partial charge in [0, 0.05) is 11.3 Å². The molecule has 1 aliphatic heterocycles. The lowest BCUT2D eigenvalue weighted by Crippen LogP contribution is -2.28. The zero-order chi connectivity index (χ0) is 42.6. The molecule has 0 fully saturated rings. The van der Waals surface area contributed by atoms with Crippen LogP contribution in [0.5, 0.6) is 0 Å². The molecule has 302 valence electrons. The highest BCUT2D eigenvalue weighted by molar-refractivity contribution is 6.28. The molecule has 10 aromatic carbocycles. The Kier molecular flexibility index (Phi) is 9.16. The molecule has 64 heavy (non-hydrogen) atoms. The first-order chi connectivity index (χ1) is 31.7. The van der Waals surface area contributed by atoms with Crippen LogP contribution in [0.4, 0.5) is 0 Å². The van der Waals surface area contributed by atoms with Crippen molar-refractivity contribution in [1.82, 2.24) is 0 Å². The van der Waals surface area contributed by atoms with Gasteiger partial charge in [-0.05, 0) is 131 Å². The minimum absolute atomic E-state index is 0.467. The summed E-state index contributed by atoms with van der Waals surface area (Å²) in [5, 5.41) is 7.60. The van der Waals surface area contributed by atoms with Crippen LogP contribution in [0.25, 0.3) is 65.8 Å². The van der Waals surface area contributed by atoms with Gasteiger partial charge < -0.3 is 0 Å². The third kappa shape index (κ3) is 6.03. The molecule has 0 saturated carbocycles. The molecule has 0 unspecified atom stereocenters. The summed E-state index contributed by atoms with van der Waals surface area (Å²) in [5.41, 5.74) is 18.0. The van der Waals surface area contributed by atoms with Gasteiger partial charge in [0.15, 0.2) is 0 Å². The monoisotopic (exact) mass is 815 g/mol. The standard InChI is InChI=1S/C63H45N/c1-42-33-38-60(43-19-6-2-7-20-43)64-61(44-21-8-3-9-22-44)41-56(42)55-31-18-30-54-50-28-15-14-27-49(50)51-36-34-45(39-57(51)62(54)55)46-35-37-53-52-29-16-17-32-58(52)63(59(53)40-46,47-23-10-4-11-24-47)48-25-12-5-13-26-48/h2-32,34-37,39-41H,33,38H2,1H3/b56-42+,61-41-,64-60?. The number of fused-ring (bicyclic) bond motifs is 9. The van der Waals surface area contributed by atoms with E-state index < -0.39 is 5.41 Å². The van der Waals surface area contributed by atoms with E-state index in [1.165, 1.54) is 99.1 Å². The predicted molar refractivity (Wildman–Crippen MR) is 271 cm³/mol. The predicted octanol–water partition coefficient (Wildman–Crippen LogP) is 16.3. The Morgan fingerprint density at radius 3 is 1.62 bits per heavy atom. The van der Waals surface area contributed by atoms with Crippen LogP contribution in [0.2, 0.25) is 0 Å². The Labute approximate surface area is 375 Å². The number of nitrogens with zero attached hydrogens (tertiary/aromatic N) is 1. The lowest BCUT2D eigenvalue weighted by Gasteiger charge is -2.34. The normalized spacial score (nSPS) is 16.4. The summed E-state index contributed by atoms with van der Waals surface area (Å²) >= 11 is 0. The van der Waals surface area contributed by atoms with E-state index in [4.69, 9.17) is 4.99 Å². The second kappa shape index (κ2) is 15.5. The van der Waals surface area contributed by atoms with Gasteiger partial charge in [-0.25, -0.2) is 0 Å². The molecule has 1 heterocycles. The molecule has 0 atom stereocenters. The van der Waals surface area contributed by atoms with Crippen molar-refractivity contribution < 1.29 is 0 Å². The van der Waals surface area contributed by atoms with E-state index in [1.54, 1.807) is 0 Å². The minimum Gasteiger partial charge on any atom is -0.252 e. The van der Waals surface area contributed by atoms with Crippen LogP contribution >= 0.6 is 0 Å². The number of rotatable bonds is 6. The Morgan fingerprint density at radius 2 is 0.906 bits per heavy atom. The Balaban J connectivity index is 1.10. The summed E-state index contributed by atoms with van der Waals surface area (Å²) in [4.78, 5) is 5.47. The molecular weight excluding hydrogens is 771 g/mol. The molecular formula is C63H45N. The molecule has 2 aliphatic rings. The fourth-order valence-electron chi connectivity index (χ4n) is 10.9. The van der Waals surface area contributed by atoms with Crippen molar-refractivity contribution in [3.05, 3.63) is 275 Å². The molecule has 0 saturated heterocycles. The van der Waals surface area contributed by atoms with Crippen LogP contribution in [0.1, 0.15) is 58.7 Å². The van der Waals surface area contributed by atoms with Crippen LogP contribution in [0.15, 0.2) is 241 Å². The number of hydrogen-bond acceptors (Lipinski definition) is 1. The first kappa shape index (κ1) is 37.9. The number of benzene rings is 10. The highest BCUT2D eigenvalue weighted by atomic mass is 14.8. The van der Waals surface area contributed by atoms with Crippen molar-refractivity contribution >= 4 is 49.3 Å². The summed E-state index contributed by atoms with van der Waals surface area (Å²) in [6, 6.07) is 82.8. The second-order valence-corrected chi connectivity index (χ2v) is 17.3. The first-order valence-corrected chi connectivity index (χ1v) is 22.5. The average molecular weight is 816 g/mol. The molecule has 1 heteroatoms. The summed E-state index contributed by atoms with van der Waals surface area (Å²) in [6.45, 7) is 2.32. The van der Waals surface area contributed by atoms with Crippen molar-refractivity contribution in [2.45, 2.75) is 25.2 Å². The Bertz CT molecular complexity index is 3480. The number of aliphatic imine (C=N–C) groups is 1. The van der Waals surface area contributed by atoms with Gasteiger partial charge in [0.1, 0.15) is 0 Å². The molecule has 0 bridgehead atoms. The zero-order valence-electron chi connectivity index (χ0n) is 35.8. The Morgan fingerprint density at radius 1 is 0.375 bits per heavy atom. The van der Waals surface area contributed by atoms with E-state index in [9.17, 15) is 0 Å². The smallest absolute Gasteiger partial charge is 0.0713 e. The maximum absolute atomic E-state index is 5.47. The van der Waals surface area contributed by atoms with E-state index in [-0.39, 0.29) is 0 Å². The Hall–Kier alpha value is -7.87. The molecule has 10 aromatic rings. The quantitative estimate of drug-likeness (QED) is 0.148. The maximum atomic E-state index is 5.47. The summed E-state index contributed by atoms with van der Waals surface area (Å²) in [7, 11) is 0. The van der Waals surface area contributed by atoms with Crippen molar-refractivity contribution in [2.24, 2.45) is 4.99 Å². The highest BCUT2D eigenvalue weighted by Gasteiger charge is 2.46. The second-order valence-electron chi connectivity index (χ2n) is 17.3. The summed E-state index contributed by atoms with van der Waals surface area (Å²) in [6.07, 6.45) is 4.13. The van der Waals surface area contributed by atoms with Crippen LogP contribution in [0, 0.1) is 0 Å². The van der Waals surface area contributed by atoms with E-state index >= 15 is 0 Å². The van der Waals surface area contributed by atoms with Crippen LogP contribution in [-0.4, -0.2) is 5.71 Å². The fourth-order valence-corrected chi connectivity index (χ4v) is 10.9. The third-order valence-electron chi connectivity index (χ3n) is 13.9. The SMILES string of the molecule is C/C1=C(c2cccc3c4ccccc4c4ccc(-c5ccc6c(c5)C(c5ccccc5)(c5ccccc5)c5ccccc5-6)cc4c23)/C=C(/c2ccccc2)N=C(c2ccccc2)CC1. The average Bonchev–Trinajstić information content (AvgIpc) is 3.66. The first-order valence-electron chi connectivity index (χ1n) is 22.5. The lowest BCUT2D eigenvalue weighted by atomic mass is 9.67. The van der Waals surface area contributed by atoms with Gasteiger partial charge in [-0.3, -0.25) is 4.99 Å². The van der Waals surface area contributed by atoms with Gasteiger partial charge in [-0.15, -0.1) is 0 Å². The molecule has 0 N–H and O–H groups in total. The summed E-state index contributed by atoms with van der Waals surface area (Å²) < 4.78 is 0. The maximum Gasteiger partial charge on any atom is 0.0713 e. The van der Waals surface area contributed by atoms with Gasteiger partial charge in [0.05, 0.1) is 11.1 Å². The van der Waals surface area contributed by atoms with E-state index in [2.05, 4.69) is 237 Å². The van der Waals surface area contributed by atoms with E-state index in [0.29, 0.717) is 0 Å². The molecule has 1 nitrogen and oxygen atoms in total.